The highest BCUT2D eigenvalue weighted by molar-refractivity contribution is 5.49. The van der Waals surface area contributed by atoms with Gasteiger partial charge in [-0.25, -0.2) is 0 Å². The average molecular weight is 276 g/mol. The fourth-order valence-corrected chi connectivity index (χ4v) is 2.72. The molecule has 0 unspecified atom stereocenters. The lowest BCUT2D eigenvalue weighted by Crippen LogP contribution is -2.54. The van der Waals surface area contributed by atoms with E-state index in [9.17, 15) is 5.11 Å². The second kappa shape index (κ2) is 6.71. The largest absolute Gasteiger partial charge is 0.508 e. The van der Waals surface area contributed by atoms with Gasteiger partial charge in [0.15, 0.2) is 0 Å². The van der Waals surface area contributed by atoms with Crippen LogP contribution in [0.3, 0.4) is 0 Å². The van der Waals surface area contributed by atoms with Crippen LogP contribution >= 0.6 is 0 Å². The number of nitrogens with zero attached hydrogens (tertiary/aromatic N) is 2. The van der Waals surface area contributed by atoms with Crippen LogP contribution in [0, 0.1) is 11.3 Å². The first-order valence-electron chi connectivity index (χ1n) is 6.65. The molecule has 108 valence electrons. The highest BCUT2D eigenvalue weighted by atomic mass is 16.5. The van der Waals surface area contributed by atoms with E-state index in [-0.39, 0.29) is 17.7 Å². The summed E-state index contributed by atoms with van der Waals surface area (Å²) in [6.07, 6.45) is 0. The molecule has 20 heavy (non-hydrogen) atoms. The van der Waals surface area contributed by atoms with Crippen LogP contribution in [0.5, 0.6) is 5.75 Å². The molecule has 1 aromatic carbocycles. The third-order valence-corrected chi connectivity index (χ3v) is 3.76. The van der Waals surface area contributed by atoms with Crippen LogP contribution < -0.4 is 0 Å². The van der Waals surface area contributed by atoms with Crippen molar-refractivity contribution < 1.29 is 14.6 Å². The zero-order chi connectivity index (χ0) is 14.5. The second-order valence-corrected chi connectivity index (χ2v) is 5.07. The van der Waals surface area contributed by atoms with Crippen LogP contribution in [0.4, 0.5) is 0 Å². The van der Waals surface area contributed by atoms with Gasteiger partial charge in [-0.2, -0.15) is 5.26 Å². The SMILES string of the molecule is COCC(COC)N1CC(c2c(O)cccc2C#N)C1. The highest BCUT2D eigenvalue weighted by Gasteiger charge is 2.35. The zero-order valence-electron chi connectivity index (χ0n) is 11.9. The number of rotatable bonds is 6. The molecule has 1 fully saturated rings. The van der Waals surface area contributed by atoms with Crippen LogP contribution in [0.2, 0.25) is 0 Å². The molecule has 0 aliphatic carbocycles. The Balaban J connectivity index is 2.04. The number of nitriles is 1. The van der Waals surface area contributed by atoms with Crippen molar-refractivity contribution in [3.05, 3.63) is 29.3 Å². The van der Waals surface area contributed by atoms with Gasteiger partial charge in [-0.15, -0.1) is 0 Å². The zero-order valence-corrected chi connectivity index (χ0v) is 11.9. The number of hydrogen-bond acceptors (Lipinski definition) is 5. The maximum atomic E-state index is 9.97. The smallest absolute Gasteiger partial charge is 0.120 e. The maximum Gasteiger partial charge on any atom is 0.120 e. The molecule has 0 bridgehead atoms. The minimum atomic E-state index is 0.196. The summed E-state index contributed by atoms with van der Waals surface area (Å²) >= 11 is 0. The summed E-state index contributed by atoms with van der Waals surface area (Å²) in [6, 6.07) is 7.46. The number of methoxy groups -OCH3 is 2. The predicted octanol–water partition coefficient (Wildman–Crippen LogP) is 1.32. The summed E-state index contributed by atoms with van der Waals surface area (Å²) in [4.78, 5) is 2.26. The quantitative estimate of drug-likeness (QED) is 0.849. The van der Waals surface area contributed by atoms with Gasteiger partial charge in [0, 0.05) is 38.8 Å². The van der Waals surface area contributed by atoms with Crippen molar-refractivity contribution >= 4 is 0 Å². The number of ether oxygens (including phenoxy) is 2. The molecule has 0 aromatic heterocycles. The first-order valence-corrected chi connectivity index (χ1v) is 6.65. The third kappa shape index (κ3) is 2.93. The minimum absolute atomic E-state index is 0.196. The molecule has 5 nitrogen and oxygen atoms in total. The molecule has 1 aliphatic heterocycles. The van der Waals surface area contributed by atoms with Gasteiger partial charge in [0.1, 0.15) is 5.75 Å². The minimum Gasteiger partial charge on any atom is -0.508 e. The van der Waals surface area contributed by atoms with Crippen molar-refractivity contribution in [2.75, 3.05) is 40.5 Å². The monoisotopic (exact) mass is 276 g/mol. The number of aromatic hydroxyl groups is 1. The molecule has 1 saturated heterocycles. The molecule has 0 amide bonds. The van der Waals surface area contributed by atoms with Gasteiger partial charge in [0.25, 0.3) is 0 Å². The summed E-state index contributed by atoms with van der Waals surface area (Å²) in [5.74, 6) is 0.408. The Hall–Kier alpha value is -1.61. The van der Waals surface area contributed by atoms with Crippen molar-refractivity contribution in [3.63, 3.8) is 0 Å². The summed E-state index contributed by atoms with van der Waals surface area (Å²) in [6.45, 7) is 2.85. The molecule has 0 saturated carbocycles. The van der Waals surface area contributed by atoms with Crippen molar-refractivity contribution in [1.29, 1.82) is 5.26 Å². The van der Waals surface area contributed by atoms with E-state index < -0.39 is 0 Å². The van der Waals surface area contributed by atoms with Crippen LogP contribution in [-0.2, 0) is 9.47 Å². The number of likely N-dealkylation sites (tertiary alicyclic amines) is 1. The molecule has 1 aromatic rings. The van der Waals surface area contributed by atoms with Crippen LogP contribution in [-0.4, -0.2) is 56.6 Å². The first kappa shape index (κ1) is 14.8. The standard InChI is InChI=1S/C15H20N2O3/c1-19-9-13(10-20-2)17-7-12(8-17)15-11(6-16)4-3-5-14(15)18/h3-5,12-13,18H,7-10H2,1-2H3. The van der Waals surface area contributed by atoms with Gasteiger partial charge in [0.05, 0.1) is 30.9 Å². The number of benzene rings is 1. The Morgan fingerprint density at radius 3 is 2.55 bits per heavy atom. The molecule has 0 radical (unpaired) electrons. The van der Waals surface area contributed by atoms with Crippen molar-refractivity contribution in [2.45, 2.75) is 12.0 Å². The van der Waals surface area contributed by atoms with Gasteiger partial charge < -0.3 is 14.6 Å². The number of phenolic OH excluding ortho intramolecular Hbond substituents is 1. The average Bonchev–Trinajstić information content (AvgIpc) is 2.39. The van der Waals surface area contributed by atoms with E-state index in [0.29, 0.717) is 18.8 Å². The van der Waals surface area contributed by atoms with Crippen LogP contribution in [0.15, 0.2) is 18.2 Å². The topological polar surface area (TPSA) is 65.7 Å². The Morgan fingerprint density at radius 2 is 2.00 bits per heavy atom. The maximum absolute atomic E-state index is 9.97. The van der Waals surface area contributed by atoms with E-state index in [1.165, 1.54) is 0 Å². The highest BCUT2D eigenvalue weighted by Crippen LogP contribution is 2.36. The third-order valence-electron chi connectivity index (χ3n) is 3.76. The molecule has 0 atom stereocenters. The Kier molecular flexibility index (Phi) is 4.96. The normalized spacial score (nSPS) is 16.1. The van der Waals surface area contributed by atoms with Crippen molar-refractivity contribution in [2.24, 2.45) is 0 Å². The summed E-state index contributed by atoms with van der Waals surface area (Å²) in [5.41, 5.74) is 1.32. The molecule has 1 heterocycles. The van der Waals surface area contributed by atoms with E-state index in [2.05, 4.69) is 11.0 Å². The van der Waals surface area contributed by atoms with Gasteiger partial charge in [-0.3, -0.25) is 4.90 Å². The Morgan fingerprint density at radius 1 is 1.35 bits per heavy atom. The van der Waals surface area contributed by atoms with E-state index in [0.717, 1.165) is 18.7 Å². The van der Waals surface area contributed by atoms with Crippen LogP contribution in [0.1, 0.15) is 17.0 Å². The summed E-state index contributed by atoms with van der Waals surface area (Å²) in [5, 5.41) is 19.1. The van der Waals surface area contributed by atoms with Gasteiger partial charge >= 0.3 is 0 Å². The fourth-order valence-electron chi connectivity index (χ4n) is 2.72. The van der Waals surface area contributed by atoms with Gasteiger partial charge in [-0.05, 0) is 12.1 Å². The predicted molar refractivity (Wildman–Crippen MR) is 74.7 cm³/mol. The fraction of sp³-hybridized carbons (Fsp3) is 0.533. The van der Waals surface area contributed by atoms with Crippen molar-refractivity contribution in [1.82, 2.24) is 4.90 Å². The van der Waals surface area contributed by atoms with E-state index in [1.54, 1.807) is 32.4 Å². The second-order valence-electron chi connectivity index (χ2n) is 5.07. The van der Waals surface area contributed by atoms with E-state index >= 15 is 0 Å². The summed E-state index contributed by atoms with van der Waals surface area (Å²) in [7, 11) is 3.35. The molecule has 2 rings (SSSR count). The summed E-state index contributed by atoms with van der Waals surface area (Å²) < 4.78 is 10.4. The molecular weight excluding hydrogens is 256 g/mol. The van der Waals surface area contributed by atoms with Crippen LogP contribution in [0.25, 0.3) is 0 Å². The van der Waals surface area contributed by atoms with Crippen molar-refractivity contribution in [3.8, 4) is 11.8 Å². The van der Waals surface area contributed by atoms with E-state index in [1.807, 2.05) is 0 Å². The lowest BCUT2D eigenvalue weighted by Gasteiger charge is -2.44. The molecule has 0 spiro atoms. The lowest BCUT2D eigenvalue weighted by atomic mass is 9.86. The Bertz CT molecular complexity index is 486. The van der Waals surface area contributed by atoms with Gasteiger partial charge in [0.2, 0.25) is 0 Å². The molecule has 5 heteroatoms. The first-order chi connectivity index (χ1) is 9.71. The van der Waals surface area contributed by atoms with E-state index in [4.69, 9.17) is 14.7 Å². The number of hydrogen-bond donors (Lipinski definition) is 1. The molecular formula is C15H20N2O3. The molecule has 1 N–H and O–H groups in total. The van der Waals surface area contributed by atoms with Gasteiger partial charge in [-0.1, -0.05) is 6.07 Å². The Labute approximate surface area is 119 Å². The molecule has 1 aliphatic rings. The number of phenols is 1. The lowest BCUT2D eigenvalue weighted by molar-refractivity contribution is -0.00384.